The van der Waals surface area contributed by atoms with E-state index in [0.717, 1.165) is 12.5 Å². The highest BCUT2D eigenvalue weighted by atomic mass is 16.6. The third kappa shape index (κ3) is 6.87. The second-order valence-electron chi connectivity index (χ2n) is 6.99. The van der Waals surface area contributed by atoms with Gasteiger partial charge in [0.2, 0.25) is 0 Å². The Morgan fingerprint density at radius 2 is 1.87 bits per heavy atom. The summed E-state index contributed by atoms with van der Waals surface area (Å²) < 4.78 is 5.18. The standard InChI is InChI=1S/C19H28N2O2/c1-19(2,3)23-18(22)21-14-8-7-13-20-17(16-11-12-16)15-9-5-4-6-10-15/h4-10,16-17,20H,11-14H2,1-3H3,(H,21,22)/b8-7+. The second-order valence-corrected chi connectivity index (χ2v) is 6.99. The molecule has 1 fully saturated rings. The van der Waals surface area contributed by atoms with E-state index in [1.165, 1.54) is 18.4 Å². The van der Waals surface area contributed by atoms with Crippen molar-refractivity contribution in [2.75, 3.05) is 13.1 Å². The summed E-state index contributed by atoms with van der Waals surface area (Å²) in [6.45, 7) is 6.85. The molecule has 1 aliphatic carbocycles. The van der Waals surface area contributed by atoms with Crippen molar-refractivity contribution < 1.29 is 9.53 Å². The van der Waals surface area contributed by atoms with Crippen LogP contribution >= 0.6 is 0 Å². The van der Waals surface area contributed by atoms with Crippen LogP contribution in [0.5, 0.6) is 0 Å². The summed E-state index contributed by atoms with van der Waals surface area (Å²) >= 11 is 0. The maximum absolute atomic E-state index is 11.5. The third-order valence-electron chi connectivity index (χ3n) is 3.64. The molecule has 0 heterocycles. The molecule has 1 atom stereocenters. The lowest BCUT2D eigenvalue weighted by Crippen LogP contribution is -2.32. The van der Waals surface area contributed by atoms with Gasteiger partial charge in [0.25, 0.3) is 0 Å². The number of carbonyl (C=O) groups excluding carboxylic acids is 1. The number of nitrogens with one attached hydrogen (secondary N) is 2. The number of hydrogen-bond acceptors (Lipinski definition) is 3. The first-order chi connectivity index (χ1) is 11.0. The summed E-state index contributed by atoms with van der Waals surface area (Å²) in [5, 5.41) is 6.31. The molecular formula is C19H28N2O2. The van der Waals surface area contributed by atoms with Crippen molar-refractivity contribution in [3.05, 3.63) is 48.0 Å². The van der Waals surface area contributed by atoms with Gasteiger partial charge in [-0.2, -0.15) is 0 Å². The molecule has 0 bridgehead atoms. The molecule has 126 valence electrons. The summed E-state index contributed by atoms with van der Waals surface area (Å²) in [7, 11) is 0. The van der Waals surface area contributed by atoms with Gasteiger partial charge in [0, 0.05) is 19.1 Å². The van der Waals surface area contributed by atoms with E-state index in [1.54, 1.807) is 0 Å². The summed E-state index contributed by atoms with van der Waals surface area (Å²) in [5.41, 5.74) is 0.901. The van der Waals surface area contributed by atoms with E-state index < -0.39 is 5.60 Å². The number of carbonyl (C=O) groups is 1. The minimum Gasteiger partial charge on any atom is -0.444 e. The summed E-state index contributed by atoms with van der Waals surface area (Å²) in [6, 6.07) is 11.0. The van der Waals surface area contributed by atoms with E-state index in [2.05, 4.69) is 47.0 Å². The lowest BCUT2D eigenvalue weighted by molar-refractivity contribution is 0.0534. The quantitative estimate of drug-likeness (QED) is 0.752. The normalized spacial score (nSPS) is 16.3. The van der Waals surface area contributed by atoms with E-state index >= 15 is 0 Å². The molecular weight excluding hydrogens is 288 g/mol. The SMILES string of the molecule is CC(C)(C)OC(=O)NC/C=C/CNC(c1ccccc1)C1CC1. The van der Waals surface area contributed by atoms with Crippen LogP contribution < -0.4 is 10.6 Å². The predicted molar refractivity (Wildman–Crippen MR) is 93.3 cm³/mol. The number of ether oxygens (including phenoxy) is 1. The average molecular weight is 316 g/mol. The molecule has 2 N–H and O–H groups in total. The van der Waals surface area contributed by atoms with E-state index in [0.29, 0.717) is 12.6 Å². The Labute approximate surface area is 139 Å². The Hall–Kier alpha value is -1.81. The van der Waals surface area contributed by atoms with Gasteiger partial charge >= 0.3 is 6.09 Å². The van der Waals surface area contributed by atoms with Crippen molar-refractivity contribution in [3.63, 3.8) is 0 Å². The molecule has 2 rings (SSSR count). The maximum Gasteiger partial charge on any atom is 0.407 e. The van der Waals surface area contributed by atoms with Crippen LogP contribution in [0.1, 0.15) is 45.2 Å². The molecule has 1 aromatic carbocycles. The van der Waals surface area contributed by atoms with E-state index in [-0.39, 0.29) is 6.09 Å². The van der Waals surface area contributed by atoms with Crippen LogP contribution in [-0.4, -0.2) is 24.8 Å². The lowest BCUT2D eigenvalue weighted by atomic mass is 10.0. The zero-order valence-electron chi connectivity index (χ0n) is 14.3. The zero-order chi connectivity index (χ0) is 16.7. The van der Waals surface area contributed by atoms with Crippen molar-refractivity contribution in [2.45, 2.75) is 45.3 Å². The lowest BCUT2D eigenvalue weighted by Gasteiger charge is -2.19. The second kappa shape index (κ2) is 8.16. The molecule has 1 aliphatic rings. The van der Waals surface area contributed by atoms with Crippen LogP contribution in [0.15, 0.2) is 42.5 Å². The minimum atomic E-state index is -0.456. The monoisotopic (exact) mass is 316 g/mol. The van der Waals surface area contributed by atoms with Crippen LogP contribution in [0, 0.1) is 5.92 Å². The third-order valence-corrected chi connectivity index (χ3v) is 3.64. The van der Waals surface area contributed by atoms with Crippen LogP contribution in [0.4, 0.5) is 4.79 Å². The number of rotatable bonds is 7. The van der Waals surface area contributed by atoms with Gasteiger partial charge in [0.1, 0.15) is 5.60 Å². The molecule has 0 aromatic heterocycles. The molecule has 0 saturated heterocycles. The van der Waals surface area contributed by atoms with E-state index in [9.17, 15) is 4.79 Å². The number of amides is 1. The van der Waals surface area contributed by atoms with Gasteiger partial charge in [-0.15, -0.1) is 0 Å². The van der Waals surface area contributed by atoms with E-state index in [4.69, 9.17) is 4.74 Å². The first kappa shape index (κ1) is 17.5. The van der Waals surface area contributed by atoms with Gasteiger partial charge in [-0.05, 0) is 45.1 Å². The Balaban J connectivity index is 1.68. The molecule has 1 aromatic rings. The fraction of sp³-hybridized carbons (Fsp3) is 0.526. The Bertz CT molecular complexity index is 516. The minimum absolute atomic E-state index is 0.379. The van der Waals surface area contributed by atoms with Gasteiger partial charge in [0.05, 0.1) is 0 Å². The Morgan fingerprint density at radius 1 is 1.22 bits per heavy atom. The Morgan fingerprint density at radius 3 is 2.48 bits per heavy atom. The van der Waals surface area contributed by atoms with Crippen molar-refractivity contribution in [1.29, 1.82) is 0 Å². The number of hydrogen-bond donors (Lipinski definition) is 2. The fourth-order valence-corrected chi connectivity index (χ4v) is 2.46. The van der Waals surface area contributed by atoms with Crippen molar-refractivity contribution in [1.82, 2.24) is 10.6 Å². The van der Waals surface area contributed by atoms with Gasteiger partial charge in [-0.1, -0.05) is 42.5 Å². The fourth-order valence-electron chi connectivity index (χ4n) is 2.46. The summed E-state index contributed by atoms with van der Waals surface area (Å²) in [5.74, 6) is 0.755. The number of benzene rings is 1. The van der Waals surface area contributed by atoms with Crippen LogP contribution in [0.2, 0.25) is 0 Å². The van der Waals surface area contributed by atoms with Gasteiger partial charge in [-0.3, -0.25) is 0 Å². The smallest absolute Gasteiger partial charge is 0.407 e. The highest BCUT2D eigenvalue weighted by Crippen LogP contribution is 2.40. The van der Waals surface area contributed by atoms with Crippen LogP contribution in [0.25, 0.3) is 0 Å². The molecule has 4 heteroatoms. The molecule has 0 aliphatic heterocycles. The largest absolute Gasteiger partial charge is 0.444 e. The zero-order valence-corrected chi connectivity index (χ0v) is 14.3. The molecule has 1 saturated carbocycles. The molecule has 0 radical (unpaired) electrons. The van der Waals surface area contributed by atoms with Crippen LogP contribution in [0.3, 0.4) is 0 Å². The maximum atomic E-state index is 11.5. The average Bonchev–Trinajstić information content (AvgIpc) is 3.30. The molecule has 0 spiro atoms. The molecule has 4 nitrogen and oxygen atoms in total. The summed E-state index contributed by atoms with van der Waals surface area (Å²) in [6.07, 6.45) is 6.23. The molecule has 1 unspecified atom stereocenters. The van der Waals surface area contributed by atoms with Crippen molar-refractivity contribution in [2.24, 2.45) is 5.92 Å². The molecule has 23 heavy (non-hydrogen) atoms. The first-order valence-corrected chi connectivity index (χ1v) is 8.36. The predicted octanol–water partition coefficient (Wildman–Crippen LogP) is 3.81. The van der Waals surface area contributed by atoms with Gasteiger partial charge < -0.3 is 15.4 Å². The first-order valence-electron chi connectivity index (χ1n) is 8.36. The topological polar surface area (TPSA) is 50.4 Å². The van der Waals surface area contributed by atoms with E-state index in [1.807, 2.05) is 26.8 Å². The van der Waals surface area contributed by atoms with Crippen LogP contribution in [-0.2, 0) is 4.74 Å². The van der Waals surface area contributed by atoms with Crippen molar-refractivity contribution in [3.8, 4) is 0 Å². The van der Waals surface area contributed by atoms with Gasteiger partial charge in [0.15, 0.2) is 0 Å². The number of alkyl carbamates (subject to hydrolysis) is 1. The highest BCUT2D eigenvalue weighted by molar-refractivity contribution is 5.67. The summed E-state index contributed by atoms with van der Waals surface area (Å²) in [4.78, 5) is 11.5. The molecule has 1 amide bonds. The van der Waals surface area contributed by atoms with Gasteiger partial charge in [-0.25, -0.2) is 4.79 Å². The highest BCUT2D eigenvalue weighted by Gasteiger charge is 2.31. The Kier molecular flexibility index (Phi) is 6.22. The van der Waals surface area contributed by atoms with Crippen molar-refractivity contribution >= 4 is 6.09 Å².